The number of ketones is 1. The first-order chi connectivity index (χ1) is 12.3. The van der Waals surface area contributed by atoms with E-state index in [1.54, 1.807) is 0 Å². The van der Waals surface area contributed by atoms with Gasteiger partial charge in [-0.15, -0.1) is 0 Å². The van der Waals surface area contributed by atoms with Crippen LogP contribution in [0, 0.1) is 0 Å². The summed E-state index contributed by atoms with van der Waals surface area (Å²) in [4.78, 5) is 31.0. The van der Waals surface area contributed by atoms with Gasteiger partial charge in [-0.05, 0) is 64.8 Å². The van der Waals surface area contributed by atoms with Gasteiger partial charge in [0, 0.05) is 18.9 Å². The molecule has 26 heavy (non-hydrogen) atoms. The molecule has 1 aliphatic heterocycles. The van der Waals surface area contributed by atoms with E-state index in [1.165, 1.54) is 0 Å². The molecule has 1 aromatic heterocycles. The molecule has 2 aliphatic rings. The standard InChI is InChI=1S/C20H29N3O3/c1-20(2,3)26-19(25)23(16-8-10-21-11-9-16)13-15-6-4-14-5-7-17(24)12-18(14)22-15/h4,6,16,21H,5,7-13H2,1-3H3. The number of carbonyl (C=O) groups is 2. The Morgan fingerprint density at radius 3 is 2.69 bits per heavy atom. The SMILES string of the molecule is CC(C)(C)OC(=O)N(Cc1ccc2c(n1)CC(=O)CC2)C1CCNCC1. The van der Waals surface area contributed by atoms with Crippen molar-refractivity contribution in [2.75, 3.05) is 13.1 Å². The molecule has 0 radical (unpaired) electrons. The van der Waals surface area contributed by atoms with Gasteiger partial charge in [-0.3, -0.25) is 14.7 Å². The highest BCUT2D eigenvalue weighted by Crippen LogP contribution is 2.22. The monoisotopic (exact) mass is 359 g/mol. The van der Waals surface area contributed by atoms with Crippen LogP contribution in [0.4, 0.5) is 4.79 Å². The van der Waals surface area contributed by atoms with Crippen molar-refractivity contribution in [3.63, 3.8) is 0 Å². The van der Waals surface area contributed by atoms with E-state index in [1.807, 2.05) is 31.7 Å². The Kier molecular flexibility index (Phi) is 5.61. The highest BCUT2D eigenvalue weighted by atomic mass is 16.6. The van der Waals surface area contributed by atoms with Gasteiger partial charge in [-0.1, -0.05) is 6.07 Å². The minimum absolute atomic E-state index is 0.144. The van der Waals surface area contributed by atoms with Crippen LogP contribution in [0.1, 0.15) is 57.0 Å². The topological polar surface area (TPSA) is 71.5 Å². The molecule has 1 amide bonds. The molecule has 1 fully saturated rings. The molecule has 0 saturated carbocycles. The van der Waals surface area contributed by atoms with Crippen molar-refractivity contribution in [1.29, 1.82) is 0 Å². The minimum Gasteiger partial charge on any atom is -0.444 e. The number of hydrogen-bond acceptors (Lipinski definition) is 5. The summed E-state index contributed by atoms with van der Waals surface area (Å²) in [6.07, 6.45) is 3.30. The third-order valence-corrected chi connectivity index (χ3v) is 4.87. The van der Waals surface area contributed by atoms with Gasteiger partial charge in [0.1, 0.15) is 11.4 Å². The molecular weight excluding hydrogens is 330 g/mol. The van der Waals surface area contributed by atoms with Crippen LogP contribution < -0.4 is 5.32 Å². The lowest BCUT2D eigenvalue weighted by atomic mass is 9.95. The number of piperidine rings is 1. The van der Waals surface area contributed by atoms with Gasteiger partial charge in [0.05, 0.1) is 17.9 Å². The Bertz CT molecular complexity index is 675. The van der Waals surface area contributed by atoms with Crippen molar-refractivity contribution in [3.05, 3.63) is 29.1 Å². The fourth-order valence-electron chi connectivity index (χ4n) is 3.55. The second-order valence-corrected chi connectivity index (χ2v) is 8.21. The number of hydrogen-bond donors (Lipinski definition) is 1. The number of rotatable bonds is 3. The molecule has 0 aromatic carbocycles. The predicted octanol–water partition coefficient (Wildman–Crippen LogP) is 2.63. The van der Waals surface area contributed by atoms with Crippen molar-refractivity contribution in [1.82, 2.24) is 15.2 Å². The zero-order chi connectivity index (χ0) is 18.7. The molecule has 3 rings (SSSR count). The number of amides is 1. The molecule has 0 bridgehead atoms. The van der Waals surface area contributed by atoms with Gasteiger partial charge in [0.15, 0.2) is 0 Å². The van der Waals surface area contributed by atoms with Crippen LogP contribution in [0.5, 0.6) is 0 Å². The average Bonchev–Trinajstić information content (AvgIpc) is 2.58. The lowest BCUT2D eigenvalue weighted by Gasteiger charge is -2.35. The van der Waals surface area contributed by atoms with E-state index in [2.05, 4.69) is 11.4 Å². The number of aromatic nitrogens is 1. The van der Waals surface area contributed by atoms with Gasteiger partial charge in [-0.2, -0.15) is 0 Å². The summed E-state index contributed by atoms with van der Waals surface area (Å²) in [6, 6.07) is 4.18. The van der Waals surface area contributed by atoms with Gasteiger partial charge in [-0.25, -0.2) is 4.79 Å². The molecule has 1 N–H and O–H groups in total. The maximum atomic E-state index is 12.8. The number of Topliss-reactive ketones (excluding diaryl/α,β-unsaturated/α-hetero) is 1. The van der Waals surface area contributed by atoms with Crippen molar-refractivity contribution in [2.24, 2.45) is 0 Å². The van der Waals surface area contributed by atoms with E-state index in [4.69, 9.17) is 9.72 Å². The number of pyridine rings is 1. The Morgan fingerprint density at radius 1 is 1.27 bits per heavy atom. The second kappa shape index (κ2) is 7.74. The molecular formula is C20H29N3O3. The molecule has 2 heterocycles. The van der Waals surface area contributed by atoms with Crippen molar-refractivity contribution in [2.45, 2.75) is 71.1 Å². The smallest absolute Gasteiger partial charge is 0.410 e. The number of carbonyl (C=O) groups excluding carboxylic acids is 2. The number of nitrogens with zero attached hydrogens (tertiary/aromatic N) is 2. The largest absolute Gasteiger partial charge is 0.444 e. The highest BCUT2D eigenvalue weighted by Gasteiger charge is 2.30. The third-order valence-electron chi connectivity index (χ3n) is 4.87. The van der Waals surface area contributed by atoms with E-state index in [0.29, 0.717) is 19.4 Å². The molecule has 6 heteroatoms. The van der Waals surface area contributed by atoms with Crippen LogP contribution in [0.25, 0.3) is 0 Å². The Labute approximate surface area is 155 Å². The van der Waals surface area contributed by atoms with Crippen molar-refractivity contribution >= 4 is 11.9 Å². The summed E-state index contributed by atoms with van der Waals surface area (Å²) >= 11 is 0. The predicted molar refractivity (Wildman–Crippen MR) is 98.9 cm³/mol. The first-order valence-corrected chi connectivity index (χ1v) is 9.51. The molecule has 0 unspecified atom stereocenters. The molecule has 0 spiro atoms. The molecule has 6 nitrogen and oxygen atoms in total. The maximum absolute atomic E-state index is 12.8. The van der Waals surface area contributed by atoms with E-state index >= 15 is 0 Å². The summed E-state index contributed by atoms with van der Waals surface area (Å²) in [5.41, 5.74) is 2.31. The fourth-order valence-corrected chi connectivity index (χ4v) is 3.55. The van der Waals surface area contributed by atoms with Crippen LogP contribution in [0.15, 0.2) is 12.1 Å². The molecule has 142 valence electrons. The molecule has 1 aromatic rings. The molecule has 0 atom stereocenters. The Hall–Kier alpha value is -1.95. The quantitative estimate of drug-likeness (QED) is 0.898. The van der Waals surface area contributed by atoms with E-state index in [-0.39, 0.29) is 17.9 Å². The molecule has 1 aliphatic carbocycles. The van der Waals surface area contributed by atoms with E-state index in [0.717, 1.165) is 49.3 Å². The number of fused-ring (bicyclic) bond motifs is 1. The number of ether oxygens (including phenoxy) is 1. The maximum Gasteiger partial charge on any atom is 0.410 e. The normalized spacial score (nSPS) is 18.3. The van der Waals surface area contributed by atoms with Gasteiger partial charge in [0.2, 0.25) is 0 Å². The van der Waals surface area contributed by atoms with E-state index in [9.17, 15) is 9.59 Å². The lowest BCUT2D eigenvalue weighted by molar-refractivity contribution is -0.118. The first-order valence-electron chi connectivity index (χ1n) is 9.51. The molecule has 1 saturated heterocycles. The van der Waals surface area contributed by atoms with Crippen LogP contribution in [0.2, 0.25) is 0 Å². The van der Waals surface area contributed by atoms with Crippen molar-refractivity contribution in [3.8, 4) is 0 Å². The summed E-state index contributed by atoms with van der Waals surface area (Å²) in [5.74, 6) is 0.240. The van der Waals surface area contributed by atoms with E-state index < -0.39 is 5.60 Å². The Balaban J connectivity index is 1.79. The summed E-state index contributed by atoms with van der Waals surface area (Å²) < 4.78 is 5.64. The zero-order valence-corrected chi connectivity index (χ0v) is 16.0. The van der Waals surface area contributed by atoms with Gasteiger partial charge < -0.3 is 10.1 Å². The van der Waals surface area contributed by atoms with Gasteiger partial charge in [0.25, 0.3) is 0 Å². The average molecular weight is 359 g/mol. The highest BCUT2D eigenvalue weighted by molar-refractivity contribution is 5.82. The van der Waals surface area contributed by atoms with Crippen LogP contribution in [-0.2, 0) is 28.9 Å². The fraction of sp³-hybridized carbons (Fsp3) is 0.650. The summed E-state index contributed by atoms with van der Waals surface area (Å²) in [5, 5.41) is 3.33. The van der Waals surface area contributed by atoms with Crippen LogP contribution in [0.3, 0.4) is 0 Å². The van der Waals surface area contributed by atoms with Crippen LogP contribution >= 0.6 is 0 Å². The minimum atomic E-state index is -0.530. The zero-order valence-electron chi connectivity index (χ0n) is 16.0. The number of nitrogens with one attached hydrogen (secondary N) is 1. The van der Waals surface area contributed by atoms with Crippen molar-refractivity contribution < 1.29 is 14.3 Å². The van der Waals surface area contributed by atoms with Crippen LogP contribution in [-0.4, -0.2) is 46.5 Å². The third kappa shape index (κ3) is 4.81. The Morgan fingerprint density at radius 2 is 2.00 bits per heavy atom. The summed E-state index contributed by atoms with van der Waals surface area (Å²) in [6.45, 7) is 7.87. The first kappa shape index (κ1) is 18.8. The second-order valence-electron chi connectivity index (χ2n) is 8.21. The lowest BCUT2D eigenvalue weighted by Crippen LogP contribution is -2.47. The number of aryl methyl sites for hydroxylation is 1. The van der Waals surface area contributed by atoms with Gasteiger partial charge >= 0.3 is 6.09 Å². The summed E-state index contributed by atoms with van der Waals surface area (Å²) in [7, 11) is 0.